The van der Waals surface area contributed by atoms with Crippen molar-refractivity contribution in [1.29, 1.82) is 0 Å². The molecule has 7 heteroatoms. The average Bonchev–Trinajstić information content (AvgIpc) is 3.04. The molecule has 47 heavy (non-hydrogen) atoms. The molecule has 0 aliphatic rings. The summed E-state index contributed by atoms with van der Waals surface area (Å²) in [4.78, 5) is 18.7. The van der Waals surface area contributed by atoms with Gasteiger partial charge in [0.25, 0.3) is 0 Å². The fraction of sp³-hybridized carbons (Fsp3) is 0.350. The largest absolute Gasteiger partial charge is 0.490 e. The van der Waals surface area contributed by atoms with Gasteiger partial charge in [-0.25, -0.2) is 4.79 Å². The van der Waals surface area contributed by atoms with Gasteiger partial charge in [-0.2, -0.15) is 0 Å². The molecular weight excluding hydrogens is 603 g/mol. The van der Waals surface area contributed by atoms with E-state index >= 15 is 0 Å². The lowest BCUT2D eigenvalue weighted by molar-refractivity contribution is -0.151. The van der Waals surface area contributed by atoms with E-state index in [0.29, 0.717) is 37.7 Å². The topological polar surface area (TPSA) is 66.3 Å². The van der Waals surface area contributed by atoms with Crippen LogP contribution in [0.1, 0.15) is 44.4 Å². The van der Waals surface area contributed by atoms with Gasteiger partial charge in [0.2, 0.25) is 0 Å². The van der Waals surface area contributed by atoms with Crippen molar-refractivity contribution in [3.8, 4) is 22.6 Å². The standard InChI is InChI=1S/C40H49NO5Si/c1-30(32-15-17-34(18-16-32)33-11-9-8-10-12-33)41-45-26-25-43-36-21-13-31(14-22-36)29-38(39(42)44-27-28-47(5,6)7)46-37-23-19-35(20-24-37)40(2,3)4/h8-24,38H,25-29H2,1-7H3/t38-/m0/s1. The van der Waals surface area contributed by atoms with E-state index in [1.54, 1.807) is 0 Å². The van der Waals surface area contributed by atoms with Crippen molar-refractivity contribution in [2.24, 2.45) is 5.16 Å². The van der Waals surface area contributed by atoms with Crippen LogP contribution >= 0.6 is 0 Å². The first-order chi connectivity index (χ1) is 22.4. The molecule has 4 rings (SSSR count). The van der Waals surface area contributed by atoms with E-state index in [0.717, 1.165) is 28.4 Å². The van der Waals surface area contributed by atoms with Crippen LogP contribution in [0.3, 0.4) is 0 Å². The van der Waals surface area contributed by atoms with Crippen LogP contribution in [0, 0.1) is 0 Å². The van der Waals surface area contributed by atoms with Gasteiger partial charge in [-0.3, -0.25) is 0 Å². The molecule has 248 valence electrons. The van der Waals surface area contributed by atoms with Gasteiger partial charge in [0.15, 0.2) is 12.7 Å². The Hall–Kier alpha value is -4.36. The highest BCUT2D eigenvalue weighted by Gasteiger charge is 2.24. The highest BCUT2D eigenvalue weighted by molar-refractivity contribution is 6.76. The second-order valence-electron chi connectivity index (χ2n) is 14.0. The van der Waals surface area contributed by atoms with Crippen molar-refractivity contribution >= 4 is 19.8 Å². The highest BCUT2D eigenvalue weighted by Crippen LogP contribution is 2.26. The Labute approximate surface area is 281 Å². The van der Waals surface area contributed by atoms with Crippen LogP contribution in [0.4, 0.5) is 0 Å². The van der Waals surface area contributed by atoms with Crippen molar-refractivity contribution in [2.75, 3.05) is 19.8 Å². The Balaban J connectivity index is 1.28. The third-order valence-electron chi connectivity index (χ3n) is 7.76. The maximum Gasteiger partial charge on any atom is 0.347 e. The van der Waals surface area contributed by atoms with Gasteiger partial charge in [-0.05, 0) is 70.5 Å². The SMILES string of the molecule is CC(=NOCCOc1ccc(C[C@H](Oc2ccc(C(C)(C)C)cc2)C(=O)OCC[Si](C)(C)C)cc1)c1ccc(-c2ccccc2)cc1. The zero-order chi connectivity index (χ0) is 33.9. The van der Waals surface area contributed by atoms with Crippen LogP contribution in [0.2, 0.25) is 25.7 Å². The number of benzene rings is 4. The van der Waals surface area contributed by atoms with Gasteiger partial charge >= 0.3 is 5.97 Å². The number of ether oxygens (including phenoxy) is 3. The number of esters is 1. The first kappa shape index (κ1) is 35.5. The van der Waals surface area contributed by atoms with Gasteiger partial charge in [0.05, 0.1) is 12.3 Å². The monoisotopic (exact) mass is 651 g/mol. The summed E-state index contributed by atoms with van der Waals surface area (Å²) in [7, 11) is -1.34. The summed E-state index contributed by atoms with van der Waals surface area (Å²) >= 11 is 0. The van der Waals surface area contributed by atoms with Gasteiger partial charge in [0.1, 0.15) is 18.1 Å². The highest BCUT2D eigenvalue weighted by atomic mass is 28.3. The summed E-state index contributed by atoms with van der Waals surface area (Å²) in [6.07, 6.45) is -0.371. The minimum atomic E-state index is -1.34. The molecule has 0 unspecified atom stereocenters. The van der Waals surface area contributed by atoms with Gasteiger partial charge in [-0.1, -0.05) is 124 Å². The van der Waals surface area contributed by atoms with E-state index < -0.39 is 14.2 Å². The molecule has 0 spiro atoms. The lowest BCUT2D eigenvalue weighted by Gasteiger charge is -2.22. The number of nitrogens with zero attached hydrogens (tertiary/aromatic N) is 1. The van der Waals surface area contributed by atoms with Crippen LogP contribution in [0.15, 0.2) is 108 Å². The predicted molar refractivity (Wildman–Crippen MR) is 194 cm³/mol. The van der Waals surface area contributed by atoms with Crippen molar-refractivity contribution < 1.29 is 23.8 Å². The van der Waals surface area contributed by atoms with E-state index in [2.05, 4.69) is 82.0 Å². The lowest BCUT2D eigenvalue weighted by atomic mass is 9.87. The Kier molecular flexibility index (Phi) is 12.4. The summed E-state index contributed by atoms with van der Waals surface area (Å²) in [5.74, 6) is 1.01. The number of carbonyl (C=O) groups is 1. The van der Waals surface area contributed by atoms with E-state index in [-0.39, 0.29) is 11.4 Å². The molecule has 0 aliphatic heterocycles. The Morgan fingerprint density at radius 3 is 1.98 bits per heavy atom. The first-order valence-electron chi connectivity index (χ1n) is 16.4. The Bertz CT molecular complexity index is 1570. The minimum absolute atomic E-state index is 0.0334. The van der Waals surface area contributed by atoms with Gasteiger partial charge in [-0.15, -0.1) is 0 Å². The molecule has 0 aliphatic carbocycles. The number of rotatable bonds is 15. The Morgan fingerprint density at radius 2 is 1.36 bits per heavy atom. The van der Waals surface area contributed by atoms with Crippen molar-refractivity contribution in [1.82, 2.24) is 0 Å². The molecule has 6 nitrogen and oxygen atoms in total. The summed E-state index contributed by atoms with van der Waals surface area (Å²) in [6, 6.07) is 35.1. The molecule has 4 aromatic rings. The summed E-state index contributed by atoms with van der Waals surface area (Å²) in [6.45, 7) is 16.3. The molecular formula is C40H49NO5Si. The molecule has 0 aromatic heterocycles. The van der Waals surface area contributed by atoms with Gasteiger partial charge in [0, 0.05) is 14.5 Å². The number of hydrogen-bond acceptors (Lipinski definition) is 6. The molecule has 0 radical (unpaired) electrons. The number of carbonyl (C=O) groups excluding carboxylic acids is 1. The normalized spacial score (nSPS) is 12.7. The summed E-state index contributed by atoms with van der Waals surface area (Å²) in [5, 5.41) is 4.26. The Morgan fingerprint density at radius 1 is 0.745 bits per heavy atom. The quantitative estimate of drug-likeness (QED) is 0.0421. The second kappa shape index (κ2) is 16.5. The maximum atomic E-state index is 13.2. The van der Waals surface area contributed by atoms with E-state index in [4.69, 9.17) is 19.0 Å². The summed E-state index contributed by atoms with van der Waals surface area (Å²) in [5.41, 5.74) is 6.34. The molecule has 1 atom stereocenters. The molecule has 4 aromatic carbocycles. The molecule has 0 N–H and O–H groups in total. The molecule has 0 fully saturated rings. The van der Waals surface area contributed by atoms with Crippen LogP contribution in [0.5, 0.6) is 11.5 Å². The second-order valence-corrected chi connectivity index (χ2v) is 19.6. The molecule has 0 saturated carbocycles. The maximum absolute atomic E-state index is 13.2. The van der Waals surface area contributed by atoms with Gasteiger partial charge < -0.3 is 19.0 Å². The van der Waals surface area contributed by atoms with E-state index in [1.165, 1.54) is 11.1 Å². The van der Waals surface area contributed by atoms with Crippen LogP contribution < -0.4 is 9.47 Å². The predicted octanol–water partition coefficient (Wildman–Crippen LogP) is 9.34. The molecule has 0 saturated heterocycles. The smallest absolute Gasteiger partial charge is 0.347 e. The minimum Gasteiger partial charge on any atom is -0.490 e. The van der Waals surface area contributed by atoms with Crippen molar-refractivity contribution in [3.05, 3.63) is 120 Å². The van der Waals surface area contributed by atoms with E-state index in [9.17, 15) is 4.79 Å². The summed E-state index contributed by atoms with van der Waals surface area (Å²) < 4.78 is 17.8. The molecule has 0 amide bonds. The zero-order valence-electron chi connectivity index (χ0n) is 28.9. The zero-order valence-corrected chi connectivity index (χ0v) is 29.9. The molecule has 0 heterocycles. The third-order valence-corrected chi connectivity index (χ3v) is 9.46. The fourth-order valence-corrected chi connectivity index (χ4v) is 5.50. The number of hydrogen-bond donors (Lipinski definition) is 0. The van der Waals surface area contributed by atoms with Crippen molar-refractivity contribution in [2.45, 2.75) is 71.3 Å². The van der Waals surface area contributed by atoms with Crippen molar-refractivity contribution in [3.63, 3.8) is 0 Å². The number of oxime groups is 1. The third kappa shape index (κ3) is 11.7. The van der Waals surface area contributed by atoms with E-state index in [1.807, 2.05) is 73.7 Å². The van der Waals surface area contributed by atoms with Crippen LogP contribution in [-0.2, 0) is 26.2 Å². The van der Waals surface area contributed by atoms with Crippen LogP contribution in [0.25, 0.3) is 11.1 Å². The average molecular weight is 652 g/mol. The van der Waals surface area contributed by atoms with Crippen LogP contribution in [-0.4, -0.2) is 45.7 Å². The first-order valence-corrected chi connectivity index (χ1v) is 20.1. The fourth-order valence-electron chi connectivity index (χ4n) is 4.78. The molecule has 0 bridgehead atoms. The lowest BCUT2D eigenvalue weighted by Crippen LogP contribution is -2.33.